The second kappa shape index (κ2) is 15.5. The highest BCUT2D eigenvalue weighted by Gasteiger charge is 1.97. The summed E-state index contributed by atoms with van der Waals surface area (Å²) in [6, 6.07) is 21.3. The van der Waals surface area contributed by atoms with E-state index >= 15 is 0 Å². The predicted octanol–water partition coefficient (Wildman–Crippen LogP) is 8.63. The van der Waals surface area contributed by atoms with Crippen molar-refractivity contribution in [1.29, 1.82) is 0 Å². The molecule has 0 atom stereocenters. The largest absolute Gasteiger partial charge is 0.494 e. The standard InChI is InChI=1S/C33H40NO/c1-3-5-6-7-8-9-10-11-28-35-33-22-20-31(21-23-33)17-16-29-12-14-30(15-13-29)18-19-32-24-26-34(4-2)27-25-32/h3,12-27H,1,4-11,28H2,2H3/q+1/b17-16+,19-18+. The van der Waals surface area contributed by atoms with Crippen LogP contribution in [-0.4, -0.2) is 6.61 Å². The molecule has 3 aromatic rings. The van der Waals surface area contributed by atoms with Gasteiger partial charge in [-0.3, -0.25) is 0 Å². The van der Waals surface area contributed by atoms with Crippen LogP contribution < -0.4 is 9.30 Å². The van der Waals surface area contributed by atoms with Gasteiger partial charge in [0.1, 0.15) is 12.3 Å². The van der Waals surface area contributed by atoms with E-state index in [4.69, 9.17) is 4.74 Å². The van der Waals surface area contributed by atoms with E-state index in [9.17, 15) is 0 Å². The molecule has 0 unspecified atom stereocenters. The summed E-state index contributed by atoms with van der Waals surface area (Å²) in [5, 5.41) is 0. The van der Waals surface area contributed by atoms with Crippen molar-refractivity contribution in [2.75, 3.05) is 6.61 Å². The van der Waals surface area contributed by atoms with Crippen LogP contribution in [-0.2, 0) is 6.54 Å². The molecule has 1 heterocycles. The summed E-state index contributed by atoms with van der Waals surface area (Å²) in [5.41, 5.74) is 4.77. The van der Waals surface area contributed by atoms with E-state index in [2.05, 4.69) is 115 Å². The Balaban J connectivity index is 1.38. The van der Waals surface area contributed by atoms with E-state index in [1.54, 1.807) is 0 Å². The Morgan fingerprint density at radius 1 is 0.629 bits per heavy atom. The summed E-state index contributed by atoms with van der Waals surface area (Å²) in [6.45, 7) is 7.71. The maximum absolute atomic E-state index is 5.90. The van der Waals surface area contributed by atoms with Gasteiger partial charge in [0, 0.05) is 12.1 Å². The van der Waals surface area contributed by atoms with Gasteiger partial charge >= 0.3 is 0 Å². The van der Waals surface area contributed by atoms with Crippen molar-refractivity contribution >= 4 is 24.3 Å². The fourth-order valence-corrected chi connectivity index (χ4v) is 3.86. The molecule has 0 saturated carbocycles. The highest BCUT2D eigenvalue weighted by atomic mass is 16.5. The maximum Gasteiger partial charge on any atom is 0.169 e. The van der Waals surface area contributed by atoms with Crippen LogP contribution >= 0.6 is 0 Å². The molecule has 0 radical (unpaired) electrons. The van der Waals surface area contributed by atoms with Crippen LogP contribution in [0.4, 0.5) is 0 Å². The van der Waals surface area contributed by atoms with Crippen LogP contribution in [0, 0.1) is 0 Å². The lowest BCUT2D eigenvalue weighted by atomic mass is 10.1. The fraction of sp³-hybridized carbons (Fsp3) is 0.303. The van der Waals surface area contributed by atoms with Gasteiger partial charge in [-0.15, -0.1) is 6.58 Å². The normalized spacial score (nSPS) is 11.3. The van der Waals surface area contributed by atoms with E-state index in [0.29, 0.717) is 0 Å². The Morgan fingerprint density at radius 2 is 1.09 bits per heavy atom. The summed E-state index contributed by atoms with van der Waals surface area (Å²) in [4.78, 5) is 0. The molecule has 0 aliphatic heterocycles. The van der Waals surface area contributed by atoms with Gasteiger partial charge in [0.05, 0.1) is 6.61 Å². The molecule has 3 rings (SSSR count). The van der Waals surface area contributed by atoms with E-state index in [1.807, 2.05) is 6.08 Å². The number of unbranched alkanes of at least 4 members (excludes halogenated alkanes) is 6. The van der Waals surface area contributed by atoms with Crippen LogP contribution in [0.15, 0.2) is 85.7 Å². The number of pyridine rings is 1. The van der Waals surface area contributed by atoms with Crippen molar-refractivity contribution in [2.24, 2.45) is 0 Å². The van der Waals surface area contributed by atoms with Crippen LogP contribution in [0.5, 0.6) is 5.75 Å². The molecular formula is C33H40NO+. The Bertz CT molecular complexity index is 1040. The van der Waals surface area contributed by atoms with Gasteiger partial charge < -0.3 is 4.74 Å². The molecule has 2 nitrogen and oxygen atoms in total. The second-order valence-corrected chi connectivity index (χ2v) is 8.91. The number of benzene rings is 2. The van der Waals surface area contributed by atoms with Gasteiger partial charge in [0.2, 0.25) is 0 Å². The highest BCUT2D eigenvalue weighted by molar-refractivity contribution is 5.72. The molecule has 0 aliphatic carbocycles. The summed E-state index contributed by atoms with van der Waals surface area (Å²) in [5.74, 6) is 0.951. The van der Waals surface area contributed by atoms with Crippen molar-refractivity contribution in [3.8, 4) is 5.75 Å². The lowest BCUT2D eigenvalue weighted by Crippen LogP contribution is -2.30. The highest BCUT2D eigenvalue weighted by Crippen LogP contribution is 2.16. The first-order valence-electron chi connectivity index (χ1n) is 13.1. The van der Waals surface area contributed by atoms with Gasteiger partial charge in [-0.25, -0.2) is 4.57 Å². The summed E-state index contributed by atoms with van der Waals surface area (Å²) < 4.78 is 8.07. The van der Waals surface area contributed by atoms with E-state index < -0.39 is 0 Å². The fourth-order valence-electron chi connectivity index (χ4n) is 3.86. The van der Waals surface area contributed by atoms with Crippen LogP contribution in [0.1, 0.15) is 74.1 Å². The molecule has 0 spiro atoms. The Morgan fingerprint density at radius 3 is 1.60 bits per heavy atom. The lowest BCUT2D eigenvalue weighted by Gasteiger charge is -2.06. The van der Waals surface area contributed by atoms with Crippen molar-refractivity contribution in [2.45, 2.75) is 58.4 Å². The summed E-state index contributed by atoms with van der Waals surface area (Å²) >= 11 is 0. The number of aryl methyl sites for hydroxylation is 1. The molecule has 182 valence electrons. The molecular weight excluding hydrogens is 426 g/mol. The smallest absolute Gasteiger partial charge is 0.169 e. The van der Waals surface area contributed by atoms with Gasteiger partial charge in [0.25, 0.3) is 0 Å². The van der Waals surface area contributed by atoms with Crippen molar-refractivity contribution in [1.82, 2.24) is 0 Å². The molecule has 0 fully saturated rings. The zero-order valence-electron chi connectivity index (χ0n) is 21.2. The average molecular weight is 467 g/mol. The molecule has 2 heteroatoms. The van der Waals surface area contributed by atoms with Gasteiger partial charge in [-0.1, -0.05) is 92.5 Å². The number of hydrogen-bond acceptors (Lipinski definition) is 1. The monoisotopic (exact) mass is 466 g/mol. The third kappa shape index (κ3) is 10.2. The molecule has 1 aromatic heterocycles. The summed E-state index contributed by atoms with van der Waals surface area (Å²) in [7, 11) is 0. The first-order valence-corrected chi connectivity index (χ1v) is 13.1. The molecule has 0 aliphatic rings. The minimum Gasteiger partial charge on any atom is -0.494 e. The zero-order valence-corrected chi connectivity index (χ0v) is 21.2. The number of allylic oxidation sites excluding steroid dienone is 1. The number of rotatable bonds is 15. The molecule has 2 aromatic carbocycles. The molecule has 0 saturated heterocycles. The van der Waals surface area contributed by atoms with Gasteiger partial charge in [-0.05, 0) is 60.6 Å². The number of hydrogen-bond donors (Lipinski definition) is 0. The number of nitrogens with zero attached hydrogens (tertiary/aromatic N) is 1. The Labute approximate surface area is 212 Å². The van der Waals surface area contributed by atoms with Gasteiger partial charge in [-0.2, -0.15) is 0 Å². The van der Waals surface area contributed by atoms with E-state index in [-0.39, 0.29) is 0 Å². The van der Waals surface area contributed by atoms with Crippen molar-refractivity contribution in [3.05, 3.63) is 108 Å². The Hall–Kier alpha value is -3.39. The van der Waals surface area contributed by atoms with E-state index in [0.717, 1.165) is 31.7 Å². The second-order valence-electron chi connectivity index (χ2n) is 8.91. The maximum atomic E-state index is 5.90. The third-order valence-electron chi connectivity index (χ3n) is 6.11. The lowest BCUT2D eigenvalue weighted by molar-refractivity contribution is -0.693. The quantitative estimate of drug-likeness (QED) is 0.0945. The van der Waals surface area contributed by atoms with Gasteiger partial charge in [0.15, 0.2) is 12.4 Å². The topological polar surface area (TPSA) is 13.1 Å². The summed E-state index contributed by atoms with van der Waals surface area (Å²) in [6.07, 6.45) is 23.6. The molecule has 35 heavy (non-hydrogen) atoms. The van der Waals surface area contributed by atoms with E-state index in [1.165, 1.54) is 54.4 Å². The minimum absolute atomic E-state index is 0.797. The van der Waals surface area contributed by atoms with Crippen molar-refractivity contribution in [3.63, 3.8) is 0 Å². The molecule has 0 amide bonds. The number of aromatic nitrogens is 1. The molecule has 0 N–H and O–H groups in total. The van der Waals surface area contributed by atoms with Crippen LogP contribution in [0.2, 0.25) is 0 Å². The first-order chi connectivity index (χ1) is 17.3. The molecule has 0 bridgehead atoms. The van der Waals surface area contributed by atoms with Crippen LogP contribution in [0.25, 0.3) is 24.3 Å². The predicted molar refractivity (Wildman–Crippen MR) is 151 cm³/mol. The third-order valence-corrected chi connectivity index (χ3v) is 6.11. The van der Waals surface area contributed by atoms with Crippen LogP contribution in [0.3, 0.4) is 0 Å². The zero-order chi connectivity index (χ0) is 24.6. The first kappa shape index (κ1) is 26.2. The van der Waals surface area contributed by atoms with Crippen molar-refractivity contribution < 1.29 is 9.30 Å². The Kier molecular flexibility index (Phi) is 11.6. The minimum atomic E-state index is 0.797. The SMILES string of the molecule is C=CCCCCCCCCOc1ccc(/C=C/c2ccc(/C=C/c3cc[n+](CC)cc3)cc2)cc1. The number of ether oxygens (including phenoxy) is 1. The average Bonchev–Trinajstić information content (AvgIpc) is 2.91.